The summed E-state index contributed by atoms with van der Waals surface area (Å²) < 4.78 is 1.87. The van der Waals surface area contributed by atoms with Gasteiger partial charge in [0.15, 0.2) is 0 Å². The van der Waals surface area contributed by atoms with Crippen LogP contribution in [0.25, 0.3) is 0 Å². The molecule has 0 spiro atoms. The lowest BCUT2D eigenvalue weighted by Crippen LogP contribution is -2.30. The van der Waals surface area contributed by atoms with Crippen LogP contribution in [0.3, 0.4) is 0 Å². The van der Waals surface area contributed by atoms with Crippen molar-refractivity contribution in [1.29, 1.82) is 0 Å². The number of hydrogen-bond acceptors (Lipinski definition) is 2. The molecule has 0 fully saturated rings. The minimum absolute atomic E-state index is 0.109. The first kappa shape index (κ1) is 16.2. The lowest BCUT2D eigenvalue weighted by Gasteiger charge is -2.23. The van der Waals surface area contributed by atoms with E-state index in [0.29, 0.717) is 22.2 Å². The van der Waals surface area contributed by atoms with Crippen LogP contribution in [0, 0.1) is 0 Å². The Morgan fingerprint density at radius 3 is 2.68 bits per heavy atom. The molecule has 0 saturated carbocycles. The monoisotopic (exact) mass is 371 g/mol. The number of fused-ring (bicyclic) bond motifs is 2. The molecule has 1 aromatic heterocycles. The number of nitrogens with zero attached hydrogens (tertiary/aromatic N) is 3. The maximum Gasteiger partial charge on any atom is 0.258 e. The number of carbonyl (C=O) groups is 1. The van der Waals surface area contributed by atoms with Crippen LogP contribution in [0.5, 0.6) is 0 Å². The number of amides is 1. The number of para-hydroxylation sites is 1. The van der Waals surface area contributed by atoms with Crippen molar-refractivity contribution in [3.05, 3.63) is 81.1 Å². The third-order valence-electron chi connectivity index (χ3n) is 4.53. The molecule has 1 aliphatic heterocycles. The van der Waals surface area contributed by atoms with Gasteiger partial charge in [0.05, 0.1) is 22.8 Å². The van der Waals surface area contributed by atoms with Gasteiger partial charge in [-0.25, -0.2) is 0 Å². The average Bonchev–Trinajstić information content (AvgIpc) is 2.86. The van der Waals surface area contributed by atoms with Gasteiger partial charge in [-0.05, 0) is 29.8 Å². The van der Waals surface area contributed by atoms with Gasteiger partial charge in [0, 0.05) is 36.0 Å². The topological polar surface area (TPSA) is 38.1 Å². The first-order valence-corrected chi connectivity index (χ1v) is 8.65. The van der Waals surface area contributed by atoms with Gasteiger partial charge in [-0.3, -0.25) is 9.48 Å². The van der Waals surface area contributed by atoms with Crippen molar-refractivity contribution in [2.75, 3.05) is 4.90 Å². The van der Waals surface area contributed by atoms with E-state index in [1.807, 2.05) is 42.2 Å². The molecule has 0 saturated heterocycles. The van der Waals surface area contributed by atoms with Gasteiger partial charge in [0.1, 0.15) is 0 Å². The van der Waals surface area contributed by atoms with Gasteiger partial charge in [-0.15, -0.1) is 0 Å². The van der Waals surface area contributed by atoms with E-state index < -0.39 is 0 Å². The Balaban J connectivity index is 1.82. The lowest BCUT2D eigenvalue weighted by atomic mass is 10.1. The zero-order chi connectivity index (χ0) is 17.6. The number of anilines is 1. The first-order valence-electron chi connectivity index (χ1n) is 7.89. The maximum absolute atomic E-state index is 13.2. The maximum atomic E-state index is 13.2. The van der Waals surface area contributed by atoms with Gasteiger partial charge in [0.2, 0.25) is 0 Å². The second-order valence-corrected chi connectivity index (χ2v) is 6.88. The van der Waals surface area contributed by atoms with Crippen LogP contribution >= 0.6 is 23.2 Å². The number of hydrogen-bond donors (Lipinski definition) is 0. The summed E-state index contributed by atoms with van der Waals surface area (Å²) in [6, 6.07) is 12.9. The third kappa shape index (κ3) is 2.81. The van der Waals surface area contributed by atoms with Gasteiger partial charge >= 0.3 is 0 Å². The van der Waals surface area contributed by atoms with E-state index in [9.17, 15) is 4.79 Å². The molecule has 4 nitrogen and oxygen atoms in total. The summed E-state index contributed by atoms with van der Waals surface area (Å²) in [6.45, 7) is 0.471. The molecular weight excluding hydrogens is 357 g/mol. The molecule has 0 atom stereocenters. The second kappa shape index (κ2) is 6.21. The van der Waals surface area contributed by atoms with Crippen LogP contribution in [0.4, 0.5) is 5.69 Å². The molecule has 0 aliphatic carbocycles. The molecule has 25 heavy (non-hydrogen) atoms. The van der Waals surface area contributed by atoms with E-state index >= 15 is 0 Å². The Kier molecular flexibility index (Phi) is 4.02. The Hall–Kier alpha value is -2.30. The van der Waals surface area contributed by atoms with Crippen molar-refractivity contribution in [1.82, 2.24) is 9.78 Å². The fourth-order valence-electron chi connectivity index (χ4n) is 3.19. The third-order valence-corrected chi connectivity index (χ3v) is 5.27. The fraction of sp³-hybridized carbons (Fsp3) is 0.158. The van der Waals surface area contributed by atoms with E-state index in [4.69, 9.17) is 23.2 Å². The molecule has 1 aliphatic rings. The minimum atomic E-state index is -0.109. The standard InChI is InChI=1S/C19H15Cl2N3O/c1-23-18-9-12-4-2-3-5-17(12)24(11-14(18)10-22-23)19(25)13-6-7-15(20)16(21)8-13/h2-8,10H,9,11H2,1H3. The number of halogens is 2. The van der Waals surface area contributed by atoms with E-state index in [0.717, 1.165) is 28.9 Å². The van der Waals surface area contributed by atoms with Crippen molar-refractivity contribution >= 4 is 34.8 Å². The number of aryl methyl sites for hydroxylation is 1. The molecule has 4 rings (SSSR count). The summed E-state index contributed by atoms with van der Waals surface area (Å²) in [5, 5.41) is 5.15. The number of benzene rings is 2. The zero-order valence-corrected chi connectivity index (χ0v) is 15.1. The Morgan fingerprint density at radius 1 is 1.08 bits per heavy atom. The van der Waals surface area contributed by atoms with Crippen molar-refractivity contribution in [3.8, 4) is 0 Å². The normalized spacial score (nSPS) is 13.2. The van der Waals surface area contributed by atoms with Crippen molar-refractivity contribution in [2.24, 2.45) is 7.05 Å². The predicted molar refractivity (Wildman–Crippen MR) is 99.4 cm³/mol. The molecule has 0 N–H and O–H groups in total. The Bertz CT molecular complexity index is 981. The summed E-state index contributed by atoms with van der Waals surface area (Å²) in [7, 11) is 1.93. The van der Waals surface area contributed by atoms with Crippen LogP contribution in [-0.4, -0.2) is 15.7 Å². The van der Waals surface area contributed by atoms with E-state index in [2.05, 4.69) is 5.10 Å². The molecule has 0 bridgehead atoms. The van der Waals surface area contributed by atoms with Crippen LogP contribution in [0.15, 0.2) is 48.7 Å². The van der Waals surface area contributed by atoms with Crippen LogP contribution < -0.4 is 4.90 Å². The van der Waals surface area contributed by atoms with Crippen molar-refractivity contribution in [2.45, 2.75) is 13.0 Å². The van der Waals surface area contributed by atoms with Gasteiger partial charge in [-0.1, -0.05) is 41.4 Å². The first-order chi connectivity index (χ1) is 12.0. The predicted octanol–water partition coefficient (Wildman–Crippen LogP) is 4.48. The second-order valence-electron chi connectivity index (χ2n) is 6.07. The van der Waals surface area contributed by atoms with Gasteiger partial charge in [-0.2, -0.15) is 5.10 Å². The minimum Gasteiger partial charge on any atom is -0.304 e. The number of aromatic nitrogens is 2. The van der Waals surface area contributed by atoms with Crippen molar-refractivity contribution in [3.63, 3.8) is 0 Å². The van der Waals surface area contributed by atoms with E-state index in [1.54, 1.807) is 23.1 Å². The fourth-order valence-corrected chi connectivity index (χ4v) is 3.49. The van der Waals surface area contributed by atoms with E-state index in [-0.39, 0.29) is 5.91 Å². The number of rotatable bonds is 1. The van der Waals surface area contributed by atoms with Crippen LogP contribution in [0.2, 0.25) is 10.0 Å². The summed E-state index contributed by atoms with van der Waals surface area (Å²) in [5.74, 6) is -0.109. The SMILES string of the molecule is Cn1ncc2c1Cc1ccccc1N(C(=O)c1ccc(Cl)c(Cl)c1)C2. The largest absolute Gasteiger partial charge is 0.304 e. The smallest absolute Gasteiger partial charge is 0.258 e. The summed E-state index contributed by atoms with van der Waals surface area (Å²) >= 11 is 12.1. The summed E-state index contributed by atoms with van der Waals surface area (Å²) in [6.07, 6.45) is 2.57. The Labute approximate surface area is 155 Å². The quantitative estimate of drug-likeness (QED) is 0.632. The Morgan fingerprint density at radius 2 is 1.88 bits per heavy atom. The van der Waals surface area contributed by atoms with Crippen LogP contribution in [-0.2, 0) is 20.0 Å². The molecule has 0 unspecified atom stereocenters. The molecule has 3 aromatic rings. The molecule has 1 amide bonds. The molecule has 6 heteroatoms. The molecule has 2 aromatic carbocycles. The summed E-state index contributed by atoms with van der Waals surface area (Å²) in [4.78, 5) is 15.0. The highest BCUT2D eigenvalue weighted by molar-refractivity contribution is 6.42. The summed E-state index contributed by atoms with van der Waals surface area (Å²) in [5.41, 5.74) is 4.69. The number of carbonyl (C=O) groups excluding carboxylic acids is 1. The van der Waals surface area contributed by atoms with Gasteiger partial charge in [0.25, 0.3) is 5.91 Å². The lowest BCUT2D eigenvalue weighted by molar-refractivity contribution is 0.0985. The highest BCUT2D eigenvalue weighted by atomic mass is 35.5. The molecule has 0 radical (unpaired) electrons. The molecule has 2 heterocycles. The van der Waals surface area contributed by atoms with E-state index in [1.165, 1.54) is 0 Å². The molecule has 126 valence electrons. The average molecular weight is 372 g/mol. The molecular formula is C19H15Cl2N3O. The van der Waals surface area contributed by atoms with Crippen molar-refractivity contribution < 1.29 is 4.79 Å². The highest BCUT2D eigenvalue weighted by Gasteiger charge is 2.26. The zero-order valence-electron chi connectivity index (χ0n) is 13.5. The highest BCUT2D eigenvalue weighted by Crippen LogP contribution is 2.32. The van der Waals surface area contributed by atoms with Crippen LogP contribution in [0.1, 0.15) is 27.2 Å². The van der Waals surface area contributed by atoms with Gasteiger partial charge < -0.3 is 4.90 Å².